The lowest BCUT2D eigenvalue weighted by Crippen LogP contribution is -2.19. The van der Waals surface area contributed by atoms with Crippen molar-refractivity contribution in [1.82, 2.24) is 5.43 Å². The molecule has 2 heterocycles. The third kappa shape index (κ3) is 2.83. The van der Waals surface area contributed by atoms with Crippen molar-refractivity contribution in [2.24, 2.45) is 5.10 Å². The third-order valence-electron chi connectivity index (χ3n) is 3.43. The van der Waals surface area contributed by atoms with Gasteiger partial charge in [0.2, 0.25) is 0 Å². The van der Waals surface area contributed by atoms with Crippen molar-refractivity contribution < 1.29 is 4.79 Å². The molecule has 20 heavy (non-hydrogen) atoms. The van der Waals surface area contributed by atoms with E-state index in [4.69, 9.17) is 0 Å². The second kappa shape index (κ2) is 5.89. The van der Waals surface area contributed by atoms with Crippen LogP contribution in [-0.2, 0) is 12.8 Å². The highest BCUT2D eigenvalue weighted by atomic mass is 32.1. The number of nitrogens with one attached hydrogen (secondary N) is 1. The van der Waals surface area contributed by atoms with E-state index in [0.29, 0.717) is 0 Å². The summed E-state index contributed by atoms with van der Waals surface area (Å²) in [6.07, 6.45) is 6.26. The maximum Gasteiger partial charge on any atom is 0.272 e. The predicted octanol–water partition coefficient (Wildman–Crippen LogP) is 3.76. The van der Waals surface area contributed by atoms with Gasteiger partial charge in [-0.3, -0.25) is 4.79 Å². The summed E-state index contributed by atoms with van der Waals surface area (Å²) in [6, 6.07) is 4.05. The van der Waals surface area contributed by atoms with E-state index in [1.165, 1.54) is 28.2 Å². The number of aryl methyl sites for hydroxylation is 2. The lowest BCUT2D eigenvalue weighted by molar-refractivity contribution is 0.0954. The molecule has 2 aromatic heterocycles. The molecule has 0 fully saturated rings. The van der Waals surface area contributed by atoms with Crippen LogP contribution in [0.4, 0.5) is 0 Å². The topological polar surface area (TPSA) is 41.5 Å². The summed E-state index contributed by atoms with van der Waals surface area (Å²) in [5.74, 6) is -0.0890. The van der Waals surface area contributed by atoms with Crippen LogP contribution in [0.3, 0.4) is 0 Å². The molecule has 0 atom stereocenters. The zero-order valence-corrected chi connectivity index (χ0v) is 12.9. The lowest BCUT2D eigenvalue weighted by Gasteiger charge is -2.11. The van der Waals surface area contributed by atoms with Gasteiger partial charge in [0.1, 0.15) is 0 Å². The van der Waals surface area contributed by atoms with Crippen LogP contribution < -0.4 is 5.43 Å². The average Bonchev–Trinajstić information content (AvgIpc) is 3.05. The van der Waals surface area contributed by atoms with Crippen molar-refractivity contribution in [3.63, 3.8) is 0 Å². The monoisotopic (exact) mass is 304 g/mol. The Balaban J connectivity index is 1.67. The maximum atomic E-state index is 12.2. The highest BCUT2D eigenvalue weighted by Gasteiger charge is 2.19. The molecule has 104 valence electrons. The Labute approximate surface area is 126 Å². The number of carbonyl (C=O) groups is 1. The Morgan fingerprint density at radius 3 is 3.00 bits per heavy atom. The van der Waals surface area contributed by atoms with Crippen LogP contribution in [0.1, 0.15) is 43.4 Å². The van der Waals surface area contributed by atoms with E-state index >= 15 is 0 Å². The molecular formula is C15H16N2OS2. The van der Waals surface area contributed by atoms with Crippen LogP contribution in [0.25, 0.3) is 0 Å². The minimum Gasteiger partial charge on any atom is -0.267 e. The number of fused-ring (bicyclic) bond motifs is 1. The molecule has 0 aliphatic heterocycles. The Bertz CT molecular complexity index is 655. The number of amides is 1. The molecule has 1 aliphatic rings. The fourth-order valence-corrected chi connectivity index (χ4v) is 4.30. The highest BCUT2D eigenvalue weighted by molar-refractivity contribution is 7.13. The fourth-order valence-electron chi connectivity index (χ4n) is 2.42. The first-order chi connectivity index (χ1) is 9.74. The van der Waals surface area contributed by atoms with Crippen molar-refractivity contribution in [2.75, 3.05) is 0 Å². The number of hydrogen-bond acceptors (Lipinski definition) is 4. The van der Waals surface area contributed by atoms with Crippen LogP contribution in [-0.4, -0.2) is 12.1 Å². The average molecular weight is 304 g/mol. The molecule has 2 aromatic rings. The predicted molar refractivity (Wildman–Crippen MR) is 85.1 cm³/mol. The number of rotatable bonds is 3. The van der Waals surface area contributed by atoms with Crippen LogP contribution in [0.5, 0.6) is 0 Å². The highest BCUT2D eigenvalue weighted by Crippen LogP contribution is 2.30. The molecule has 3 nitrogen and oxygen atoms in total. The van der Waals surface area contributed by atoms with E-state index in [2.05, 4.69) is 17.5 Å². The molecule has 1 aliphatic carbocycles. The van der Waals surface area contributed by atoms with Crippen LogP contribution in [0.15, 0.2) is 22.6 Å². The zero-order chi connectivity index (χ0) is 13.9. The number of nitrogens with zero attached hydrogens (tertiary/aromatic N) is 1. The standard InChI is InChI=1S/C15H16N2OS2/c1-10-6-7-11(20-10)8-16-17-15(18)13-9-19-14-5-3-2-4-12(13)14/h6-9H,2-5H2,1H3,(H,17,18)/b16-8+. The van der Waals surface area contributed by atoms with Gasteiger partial charge in [0, 0.05) is 20.0 Å². The molecule has 0 unspecified atom stereocenters. The number of thiophene rings is 2. The van der Waals surface area contributed by atoms with E-state index in [0.717, 1.165) is 23.3 Å². The normalized spacial score (nSPS) is 14.4. The summed E-state index contributed by atoms with van der Waals surface area (Å²) in [4.78, 5) is 15.8. The van der Waals surface area contributed by atoms with Gasteiger partial charge >= 0.3 is 0 Å². The van der Waals surface area contributed by atoms with Gasteiger partial charge in [-0.25, -0.2) is 5.43 Å². The molecule has 0 saturated heterocycles. The first kappa shape index (κ1) is 13.5. The quantitative estimate of drug-likeness (QED) is 0.681. The van der Waals surface area contributed by atoms with Crippen LogP contribution >= 0.6 is 22.7 Å². The smallest absolute Gasteiger partial charge is 0.267 e. The molecule has 0 aromatic carbocycles. The molecule has 1 amide bonds. The molecule has 1 N–H and O–H groups in total. The van der Waals surface area contributed by atoms with Gasteiger partial charge in [-0.1, -0.05) is 0 Å². The zero-order valence-electron chi connectivity index (χ0n) is 11.3. The van der Waals surface area contributed by atoms with E-state index in [1.54, 1.807) is 28.9 Å². The van der Waals surface area contributed by atoms with Crippen LogP contribution in [0.2, 0.25) is 0 Å². The first-order valence-corrected chi connectivity index (χ1v) is 8.43. The Kier molecular flexibility index (Phi) is 3.98. The van der Waals surface area contributed by atoms with Crippen molar-refractivity contribution >= 4 is 34.8 Å². The van der Waals surface area contributed by atoms with Gasteiger partial charge in [-0.05, 0) is 50.3 Å². The summed E-state index contributed by atoms with van der Waals surface area (Å²) >= 11 is 3.36. The number of hydrazone groups is 1. The summed E-state index contributed by atoms with van der Waals surface area (Å²) < 4.78 is 0. The van der Waals surface area contributed by atoms with E-state index in [9.17, 15) is 4.79 Å². The Hall–Kier alpha value is -1.46. The molecule has 0 bridgehead atoms. The molecular weight excluding hydrogens is 288 g/mol. The van der Waals surface area contributed by atoms with Gasteiger partial charge in [-0.15, -0.1) is 22.7 Å². The SMILES string of the molecule is Cc1ccc(/C=N/NC(=O)c2csc3c2CCCC3)s1. The number of carbonyl (C=O) groups excluding carboxylic acids is 1. The maximum absolute atomic E-state index is 12.2. The summed E-state index contributed by atoms with van der Waals surface area (Å²) in [6.45, 7) is 2.05. The molecule has 0 spiro atoms. The Morgan fingerprint density at radius 1 is 1.35 bits per heavy atom. The second-order valence-electron chi connectivity index (χ2n) is 4.91. The van der Waals surface area contributed by atoms with Crippen LogP contribution in [0, 0.1) is 6.92 Å². The third-order valence-corrected chi connectivity index (χ3v) is 5.45. The summed E-state index contributed by atoms with van der Waals surface area (Å²) in [7, 11) is 0. The molecule has 3 rings (SSSR count). The van der Waals surface area contributed by atoms with E-state index in [1.807, 2.05) is 17.5 Å². The van der Waals surface area contributed by atoms with E-state index in [-0.39, 0.29) is 5.91 Å². The van der Waals surface area contributed by atoms with E-state index < -0.39 is 0 Å². The largest absolute Gasteiger partial charge is 0.272 e. The summed E-state index contributed by atoms with van der Waals surface area (Å²) in [5, 5.41) is 6.02. The van der Waals surface area contributed by atoms with Crippen molar-refractivity contribution in [2.45, 2.75) is 32.6 Å². The van der Waals surface area contributed by atoms with Gasteiger partial charge in [-0.2, -0.15) is 5.10 Å². The van der Waals surface area contributed by atoms with Crippen molar-refractivity contribution in [3.8, 4) is 0 Å². The van der Waals surface area contributed by atoms with Crippen molar-refractivity contribution in [1.29, 1.82) is 0 Å². The molecule has 5 heteroatoms. The molecule has 0 radical (unpaired) electrons. The lowest BCUT2D eigenvalue weighted by atomic mass is 9.96. The minimum atomic E-state index is -0.0890. The Morgan fingerprint density at radius 2 is 2.20 bits per heavy atom. The van der Waals surface area contributed by atoms with Gasteiger partial charge in [0.05, 0.1) is 11.8 Å². The minimum absolute atomic E-state index is 0.0890. The van der Waals surface area contributed by atoms with Gasteiger partial charge < -0.3 is 0 Å². The first-order valence-electron chi connectivity index (χ1n) is 6.73. The van der Waals surface area contributed by atoms with Crippen molar-refractivity contribution in [3.05, 3.63) is 43.3 Å². The second-order valence-corrected chi connectivity index (χ2v) is 7.19. The molecule has 0 saturated carbocycles. The summed E-state index contributed by atoms with van der Waals surface area (Å²) in [5.41, 5.74) is 4.68. The number of hydrogen-bond donors (Lipinski definition) is 1. The fraction of sp³-hybridized carbons (Fsp3) is 0.333. The van der Waals surface area contributed by atoms with Gasteiger partial charge in [0.15, 0.2) is 0 Å². The van der Waals surface area contributed by atoms with Gasteiger partial charge in [0.25, 0.3) is 5.91 Å².